The van der Waals surface area contributed by atoms with E-state index in [9.17, 15) is 14.3 Å². The maximum atomic E-state index is 13.4. The van der Waals surface area contributed by atoms with Gasteiger partial charge in [-0.05, 0) is 100 Å². The highest BCUT2D eigenvalue weighted by atomic mass is 19.1. The topological polar surface area (TPSA) is 83.7 Å². The maximum Gasteiger partial charge on any atom is 0.337 e. The largest absolute Gasteiger partial charge is 0.479 e. The Morgan fingerprint density at radius 2 is 1.73 bits per heavy atom. The monoisotopic (exact) mass is 653 g/mol. The minimum atomic E-state index is -1.14. The van der Waals surface area contributed by atoms with Gasteiger partial charge in [-0.1, -0.05) is 32.0 Å². The highest BCUT2D eigenvalue weighted by Gasteiger charge is 2.36. The third kappa shape index (κ3) is 7.32. The first-order valence-electron chi connectivity index (χ1n) is 17.0. The van der Waals surface area contributed by atoms with Crippen LogP contribution in [0.2, 0.25) is 0 Å². The normalized spacial score (nSPS) is 17.3. The predicted molar refractivity (Wildman–Crippen MR) is 187 cm³/mol. The molecule has 1 unspecified atom stereocenters. The molecule has 0 bridgehead atoms. The van der Waals surface area contributed by atoms with Gasteiger partial charge in [-0.25, -0.2) is 13.9 Å². The number of pyridine rings is 1. The van der Waals surface area contributed by atoms with Crippen LogP contribution in [0.3, 0.4) is 0 Å². The maximum absolute atomic E-state index is 13.4. The van der Waals surface area contributed by atoms with Crippen LogP contribution in [0.1, 0.15) is 87.2 Å². The zero-order valence-electron chi connectivity index (χ0n) is 29.3. The summed E-state index contributed by atoms with van der Waals surface area (Å²) in [5, 5.41) is 15.0. The van der Waals surface area contributed by atoms with Crippen LogP contribution >= 0.6 is 0 Å². The number of carboxylic acids is 1. The SMILES string of the molecule is Cc1nc(C)c(C(OC(C)(C)C)C(=O)O)c(N2CCC(C)(C)CC2)c1-c1ccc2c(c1)CCN(Cc1cnn(-c3ccc(F)cc3)c1)C2. The van der Waals surface area contributed by atoms with Crippen molar-refractivity contribution in [3.63, 3.8) is 0 Å². The fourth-order valence-electron chi connectivity index (χ4n) is 7.09. The van der Waals surface area contributed by atoms with E-state index in [1.807, 2.05) is 47.0 Å². The van der Waals surface area contributed by atoms with Crippen molar-refractivity contribution in [1.82, 2.24) is 19.7 Å². The van der Waals surface area contributed by atoms with Crippen LogP contribution in [0, 0.1) is 25.1 Å². The van der Waals surface area contributed by atoms with Gasteiger partial charge in [0.25, 0.3) is 0 Å². The van der Waals surface area contributed by atoms with E-state index in [0.717, 1.165) is 85.7 Å². The molecule has 254 valence electrons. The second kappa shape index (κ2) is 13.1. The van der Waals surface area contributed by atoms with Crippen molar-refractivity contribution < 1.29 is 19.0 Å². The summed E-state index contributed by atoms with van der Waals surface area (Å²) in [6.07, 6.45) is 5.69. The van der Waals surface area contributed by atoms with E-state index in [1.165, 1.54) is 23.3 Å². The molecule has 2 aromatic carbocycles. The summed E-state index contributed by atoms with van der Waals surface area (Å²) < 4.78 is 21.4. The van der Waals surface area contributed by atoms with Crippen molar-refractivity contribution in [3.8, 4) is 16.8 Å². The number of anilines is 1. The Morgan fingerprint density at radius 1 is 1.02 bits per heavy atom. The van der Waals surface area contributed by atoms with Crippen LogP contribution in [-0.4, -0.2) is 56.0 Å². The molecule has 2 aliphatic heterocycles. The molecule has 0 saturated carbocycles. The quantitative estimate of drug-likeness (QED) is 0.208. The Kier molecular flexibility index (Phi) is 9.22. The average Bonchev–Trinajstić information content (AvgIpc) is 3.48. The average molecular weight is 654 g/mol. The van der Waals surface area contributed by atoms with Gasteiger partial charge in [0.05, 0.1) is 23.2 Å². The van der Waals surface area contributed by atoms with Crippen molar-refractivity contribution in [1.29, 1.82) is 0 Å². The Bertz CT molecular complexity index is 1800. The summed E-state index contributed by atoms with van der Waals surface area (Å²) in [5.41, 5.74) is 9.36. The van der Waals surface area contributed by atoms with Gasteiger partial charge >= 0.3 is 5.97 Å². The Morgan fingerprint density at radius 3 is 2.40 bits per heavy atom. The van der Waals surface area contributed by atoms with E-state index in [0.29, 0.717) is 11.3 Å². The number of ether oxygens (including phenoxy) is 1. The van der Waals surface area contributed by atoms with E-state index in [-0.39, 0.29) is 11.2 Å². The summed E-state index contributed by atoms with van der Waals surface area (Å²) in [7, 11) is 0. The molecule has 0 aliphatic carbocycles. The Labute approximate surface area is 283 Å². The molecule has 1 atom stereocenters. The van der Waals surface area contributed by atoms with Crippen molar-refractivity contribution in [2.24, 2.45) is 5.41 Å². The highest BCUT2D eigenvalue weighted by molar-refractivity contribution is 5.88. The third-order valence-electron chi connectivity index (χ3n) is 9.69. The first-order chi connectivity index (χ1) is 22.7. The molecule has 0 radical (unpaired) electrons. The lowest BCUT2D eigenvalue weighted by Gasteiger charge is -2.41. The Balaban J connectivity index is 1.32. The molecule has 1 saturated heterocycles. The third-order valence-corrected chi connectivity index (χ3v) is 9.69. The Hall–Kier alpha value is -4.08. The van der Waals surface area contributed by atoms with Crippen LogP contribution in [0.4, 0.5) is 10.1 Å². The summed E-state index contributed by atoms with van der Waals surface area (Å²) in [6, 6.07) is 13.0. The number of hydrogen-bond acceptors (Lipinski definition) is 6. The van der Waals surface area contributed by atoms with Crippen LogP contribution in [0.25, 0.3) is 16.8 Å². The molecule has 2 aromatic heterocycles. The molecular weight excluding hydrogens is 605 g/mol. The molecular formula is C39H48FN5O3. The van der Waals surface area contributed by atoms with E-state index in [2.05, 4.69) is 46.9 Å². The number of halogens is 1. The number of nitrogens with zero attached hydrogens (tertiary/aromatic N) is 5. The fraction of sp³-hybridized carbons (Fsp3) is 0.462. The van der Waals surface area contributed by atoms with Gasteiger partial charge in [0.15, 0.2) is 6.10 Å². The van der Waals surface area contributed by atoms with Crippen molar-refractivity contribution in [2.75, 3.05) is 24.5 Å². The molecule has 9 heteroatoms. The second-order valence-electron chi connectivity index (χ2n) is 15.2. The van der Waals surface area contributed by atoms with Crippen molar-refractivity contribution in [3.05, 3.63) is 94.3 Å². The minimum absolute atomic E-state index is 0.236. The molecule has 48 heavy (non-hydrogen) atoms. The van der Waals surface area contributed by atoms with E-state index >= 15 is 0 Å². The van der Waals surface area contributed by atoms with Gasteiger partial charge in [0.1, 0.15) is 5.82 Å². The van der Waals surface area contributed by atoms with Gasteiger partial charge in [-0.2, -0.15) is 5.10 Å². The summed E-state index contributed by atoms with van der Waals surface area (Å²) in [4.78, 5) is 22.6. The number of benzene rings is 2. The number of aromatic nitrogens is 3. The van der Waals surface area contributed by atoms with E-state index in [4.69, 9.17) is 9.72 Å². The van der Waals surface area contributed by atoms with Crippen molar-refractivity contribution >= 4 is 11.7 Å². The molecule has 2 aliphatic rings. The molecule has 6 rings (SSSR count). The lowest BCUT2D eigenvalue weighted by atomic mass is 9.81. The smallest absolute Gasteiger partial charge is 0.337 e. The number of piperidine rings is 1. The summed E-state index contributed by atoms with van der Waals surface area (Å²) in [5.74, 6) is -1.27. The van der Waals surface area contributed by atoms with Gasteiger partial charge in [-0.3, -0.25) is 9.88 Å². The molecule has 4 heterocycles. The minimum Gasteiger partial charge on any atom is -0.479 e. The first kappa shape index (κ1) is 33.8. The zero-order valence-corrected chi connectivity index (χ0v) is 29.3. The number of aliphatic carboxylic acids is 1. The van der Waals surface area contributed by atoms with Gasteiger partial charge < -0.3 is 14.7 Å². The van der Waals surface area contributed by atoms with Gasteiger partial charge in [0, 0.05) is 67.0 Å². The second-order valence-corrected chi connectivity index (χ2v) is 15.2. The van der Waals surface area contributed by atoms with Gasteiger partial charge in [0.2, 0.25) is 0 Å². The van der Waals surface area contributed by atoms with Crippen LogP contribution in [-0.2, 0) is 29.0 Å². The predicted octanol–water partition coefficient (Wildman–Crippen LogP) is 7.82. The molecule has 4 aromatic rings. The number of rotatable bonds is 8. The summed E-state index contributed by atoms with van der Waals surface area (Å²) in [6.45, 7) is 18.4. The molecule has 0 amide bonds. The number of carboxylic acid groups (broad SMARTS) is 1. The van der Waals surface area contributed by atoms with Crippen LogP contribution in [0.5, 0.6) is 0 Å². The van der Waals surface area contributed by atoms with Crippen LogP contribution in [0.15, 0.2) is 54.9 Å². The molecule has 0 spiro atoms. The number of fused-ring (bicyclic) bond motifs is 1. The lowest BCUT2D eigenvalue weighted by Crippen LogP contribution is -2.39. The number of aryl methyl sites for hydroxylation is 2. The molecule has 8 nitrogen and oxygen atoms in total. The van der Waals surface area contributed by atoms with Crippen molar-refractivity contribution in [2.45, 2.75) is 92.5 Å². The van der Waals surface area contributed by atoms with E-state index < -0.39 is 17.7 Å². The zero-order chi connectivity index (χ0) is 34.4. The van der Waals surface area contributed by atoms with E-state index in [1.54, 1.807) is 16.8 Å². The molecule has 1 N–H and O–H groups in total. The first-order valence-corrected chi connectivity index (χ1v) is 17.0. The van der Waals surface area contributed by atoms with Gasteiger partial charge in [-0.15, -0.1) is 0 Å². The molecule has 1 fully saturated rings. The van der Waals surface area contributed by atoms with Crippen LogP contribution < -0.4 is 4.90 Å². The fourth-order valence-corrected chi connectivity index (χ4v) is 7.09. The highest BCUT2D eigenvalue weighted by Crippen LogP contribution is 2.45. The number of carbonyl (C=O) groups is 1. The summed E-state index contributed by atoms with van der Waals surface area (Å²) >= 11 is 0. The standard InChI is InChI=1S/C39H48FN5O3/c1-25-33(35(44-18-15-39(6,7)16-19-44)34(26(2)42-25)36(37(46)47)48-38(3,4)5)29-8-9-30-24-43(17-14-28(30)20-29)22-27-21-41-45(23-27)32-12-10-31(40)11-13-32/h8-13,20-21,23,36H,14-19,22,24H2,1-7H3,(H,46,47). The lowest BCUT2D eigenvalue weighted by molar-refractivity contribution is -0.160. The number of hydrogen-bond donors (Lipinski definition) is 1.